The minimum atomic E-state index is -0.498. The Labute approximate surface area is 138 Å². The van der Waals surface area contributed by atoms with Gasteiger partial charge in [-0.25, -0.2) is 4.79 Å². The largest absolute Gasteiger partial charge is 0.490 e. The van der Waals surface area contributed by atoms with Crippen molar-refractivity contribution in [3.8, 4) is 5.75 Å². The van der Waals surface area contributed by atoms with Crippen LogP contribution in [0.25, 0.3) is 0 Å². The number of rotatable bonds is 5. The third-order valence-electron chi connectivity index (χ3n) is 2.75. The van der Waals surface area contributed by atoms with E-state index in [0.29, 0.717) is 11.4 Å². The molecule has 1 amide bonds. The second kappa shape index (κ2) is 7.84. The van der Waals surface area contributed by atoms with Crippen LogP contribution in [0.5, 0.6) is 5.75 Å². The smallest absolute Gasteiger partial charge is 0.411 e. The van der Waals surface area contributed by atoms with Gasteiger partial charge in [0.05, 0.1) is 10.6 Å². The molecule has 0 aliphatic carbocycles. The molecule has 0 saturated heterocycles. The van der Waals surface area contributed by atoms with Crippen LogP contribution in [0.1, 0.15) is 19.4 Å². The Morgan fingerprint density at radius 1 is 1.18 bits per heavy atom. The molecule has 0 bridgehead atoms. The molecule has 4 nitrogen and oxygen atoms in total. The van der Waals surface area contributed by atoms with Crippen molar-refractivity contribution in [2.75, 3.05) is 5.32 Å². The number of halogens is 1. The van der Waals surface area contributed by atoms with Gasteiger partial charge in [0.2, 0.25) is 0 Å². The summed E-state index contributed by atoms with van der Waals surface area (Å²) in [5.41, 5.74) is 1.56. The molecule has 5 heteroatoms. The van der Waals surface area contributed by atoms with Gasteiger partial charge in [0.25, 0.3) is 0 Å². The maximum atomic E-state index is 11.8. The van der Waals surface area contributed by atoms with Crippen LogP contribution in [0.3, 0.4) is 0 Å². The van der Waals surface area contributed by atoms with Gasteiger partial charge in [-0.05, 0) is 47.5 Å². The van der Waals surface area contributed by atoms with Gasteiger partial charge in [0.1, 0.15) is 12.4 Å². The second-order valence-corrected chi connectivity index (χ2v) is 5.85. The highest BCUT2D eigenvalue weighted by molar-refractivity contribution is 9.10. The van der Waals surface area contributed by atoms with Crippen LogP contribution in [0.15, 0.2) is 53.0 Å². The van der Waals surface area contributed by atoms with Gasteiger partial charge in [-0.15, -0.1) is 0 Å². The molecule has 0 saturated carbocycles. The summed E-state index contributed by atoms with van der Waals surface area (Å²) in [4.78, 5) is 11.8. The maximum Gasteiger partial charge on any atom is 0.411 e. The van der Waals surface area contributed by atoms with Crippen LogP contribution in [0.4, 0.5) is 10.5 Å². The average Bonchev–Trinajstić information content (AvgIpc) is 2.49. The van der Waals surface area contributed by atoms with E-state index in [2.05, 4.69) is 21.2 Å². The summed E-state index contributed by atoms with van der Waals surface area (Å²) >= 11 is 3.42. The second-order valence-electron chi connectivity index (χ2n) is 5.00. The molecule has 0 unspecified atom stereocenters. The van der Waals surface area contributed by atoms with Crippen LogP contribution in [-0.4, -0.2) is 12.2 Å². The molecular formula is C17H18BrNO3. The fourth-order valence-electron chi connectivity index (χ4n) is 1.80. The number of nitrogens with one attached hydrogen (secondary N) is 1. The lowest BCUT2D eigenvalue weighted by molar-refractivity contribution is 0.155. The summed E-state index contributed by atoms with van der Waals surface area (Å²) in [7, 11) is 0. The lowest BCUT2D eigenvalue weighted by Crippen LogP contribution is -2.14. The van der Waals surface area contributed by atoms with E-state index in [1.807, 2.05) is 50.2 Å². The molecule has 0 spiro atoms. The third-order valence-corrected chi connectivity index (χ3v) is 3.41. The Morgan fingerprint density at radius 2 is 1.91 bits per heavy atom. The quantitative estimate of drug-likeness (QED) is 0.814. The fourth-order valence-corrected chi connectivity index (χ4v) is 2.14. The summed E-state index contributed by atoms with van der Waals surface area (Å²) in [5, 5.41) is 2.69. The van der Waals surface area contributed by atoms with Gasteiger partial charge in [-0.3, -0.25) is 5.32 Å². The van der Waals surface area contributed by atoms with Gasteiger partial charge in [-0.2, -0.15) is 0 Å². The molecule has 0 radical (unpaired) electrons. The molecule has 0 aromatic heterocycles. The van der Waals surface area contributed by atoms with Crippen molar-refractivity contribution in [3.05, 3.63) is 58.6 Å². The zero-order chi connectivity index (χ0) is 15.9. The topological polar surface area (TPSA) is 47.6 Å². The zero-order valence-electron chi connectivity index (χ0n) is 12.5. The normalized spacial score (nSPS) is 10.4. The summed E-state index contributed by atoms with van der Waals surface area (Å²) in [5.74, 6) is 0.677. The van der Waals surface area contributed by atoms with E-state index in [1.54, 1.807) is 12.1 Å². The number of carbonyl (C=O) groups excluding carboxylic acids is 1. The molecule has 0 fully saturated rings. The van der Waals surface area contributed by atoms with Crippen molar-refractivity contribution in [2.24, 2.45) is 0 Å². The van der Waals surface area contributed by atoms with Crippen molar-refractivity contribution in [3.63, 3.8) is 0 Å². The molecule has 0 aliphatic heterocycles. The zero-order valence-corrected chi connectivity index (χ0v) is 14.1. The summed E-state index contributed by atoms with van der Waals surface area (Å²) in [6.45, 7) is 4.12. The number of hydrogen-bond acceptors (Lipinski definition) is 3. The van der Waals surface area contributed by atoms with E-state index in [4.69, 9.17) is 9.47 Å². The first-order valence-electron chi connectivity index (χ1n) is 6.98. The highest BCUT2D eigenvalue weighted by atomic mass is 79.9. The number of hydrogen-bond donors (Lipinski definition) is 1. The number of anilines is 1. The first-order valence-corrected chi connectivity index (χ1v) is 7.78. The standard InChI is InChI=1S/C17H18BrNO3/c1-12(2)22-16-10-14(8-9-15(16)18)19-17(20)21-11-13-6-4-3-5-7-13/h3-10,12H,11H2,1-2H3,(H,19,20). The summed E-state index contributed by atoms with van der Waals surface area (Å²) < 4.78 is 11.7. The van der Waals surface area contributed by atoms with Crippen molar-refractivity contribution < 1.29 is 14.3 Å². The molecule has 2 rings (SSSR count). The van der Waals surface area contributed by atoms with Crippen LogP contribution >= 0.6 is 15.9 Å². The molecule has 2 aromatic carbocycles. The Bertz CT molecular complexity index is 629. The Morgan fingerprint density at radius 3 is 2.59 bits per heavy atom. The predicted molar refractivity (Wildman–Crippen MR) is 90.2 cm³/mol. The van der Waals surface area contributed by atoms with Crippen LogP contribution in [0, 0.1) is 0 Å². The van der Waals surface area contributed by atoms with E-state index in [0.717, 1.165) is 10.0 Å². The molecule has 116 valence electrons. The SMILES string of the molecule is CC(C)Oc1cc(NC(=O)OCc2ccccc2)ccc1Br. The lowest BCUT2D eigenvalue weighted by Gasteiger charge is -2.13. The van der Waals surface area contributed by atoms with Crippen molar-refractivity contribution in [2.45, 2.75) is 26.6 Å². The molecule has 1 N–H and O–H groups in total. The fraction of sp³-hybridized carbons (Fsp3) is 0.235. The number of amides is 1. The number of carbonyl (C=O) groups is 1. The predicted octanol–water partition coefficient (Wildman–Crippen LogP) is 4.99. The Kier molecular flexibility index (Phi) is 5.83. The van der Waals surface area contributed by atoms with Gasteiger partial charge in [0, 0.05) is 11.8 Å². The number of ether oxygens (including phenoxy) is 2. The molecule has 0 atom stereocenters. The molecule has 0 aliphatic rings. The van der Waals surface area contributed by atoms with E-state index < -0.39 is 6.09 Å². The van der Waals surface area contributed by atoms with Gasteiger partial charge >= 0.3 is 6.09 Å². The summed E-state index contributed by atoms with van der Waals surface area (Å²) in [6, 6.07) is 14.9. The minimum absolute atomic E-state index is 0.0524. The number of benzene rings is 2. The Hall–Kier alpha value is -2.01. The first kappa shape index (κ1) is 16.4. The molecular weight excluding hydrogens is 346 g/mol. The lowest BCUT2D eigenvalue weighted by atomic mass is 10.2. The van der Waals surface area contributed by atoms with Gasteiger partial charge in [-0.1, -0.05) is 30.3 Å². The van der Waals surface area contributed by atoms with Crippen LogP contribution in [0.2, 0.25) is 0 Å². The monoisotopic (exact) mass is 363 g/mol. The van der Waals surface area contributed by atoms with E-state index >= 15 is 0 Å². The third kappa shape index (κ3) is 5.07. The van der Waals surface area contributed by atoms with Crippen molar-refractivity contribution in [1.82, 2.24) is 0 Å². The molecule has 22 heavy (non-hydrogen) atoms. The first-order chi connectivity index (χ1) is 10.5. The van der Waals surface area contributed by atoms with E-state index in [-0.39, 0.29) is 12.7 Å². The van der Waals surface area contributed by atoms with Crippen LogP contribution in [-0.2, 0) is 11.3 Å². The molecule has 0 heterocycles. The Balaban J connectivity index is 1.93. The average molecular weight is 364 g/mol. The minimum Gasteiger partial charge on any atom is -0.490 e. The highest BCUT2D eigenvalue weighted by Crippen LogP contribution is 2.29. The summed E-state index contributed by atoms with van der Waals surface area (Å²) in [6.07, 6.45) is -0.446. The maximum absolute atomic E-state index is 11.8. The van der Waals surface area contributed by atoms with E-state index in [1.165, 1.54) is 0 Å². The van der Waals surface area contributed by atoms with Crippen molar-refractivity contribution in [1.29, 1.82) is 0 Å². The van der Waals surface area contributed by atoms with Gasteiger partial charge < -0.3 is 9.47 Å². The molecule has 2 aromatic rings. The van der Waals surface area contributed by atoms with Crippen molar-refractivity contribution >= 4 is 27.7 Å². The highest BCUT2D eigenvalue weighted by Gasteiger charge is 2.08. The van der Waals surface area contributed by atoms with Gasteiger partial charge in [0.15, 0.2) is 0 Å². The van der Waals surface area contributed by atoms with Crippen LogP contribution < -0.4 is 10.1 Å². The van der Waals surface area contributed by atoms with E-state index in [9.17, 15) is 4.79 Å².